The van der Waals surface area contributed by atoms with Gasteiger partial charge < -0.3 is 11.1 Å². The molecule has 0 aliphatic heterocycles. The molecular weight excluding hydrogens is 280 g/mol. The molecule has 6 heteroatoms. The van der Waals surface area contributed by atoms with Gasteiger partial charge in [0.15, 0.2) is 0 Å². The lowest BCUT2D eigenvalue weighted by molar-refractivity contribution is -0.123. The molecule has 0 heterocycles. The van der Waals surface area contributed by atoms with Gasteiger partial charge in [-0.1, -0.05) is 42.5 Å². The van der Waals surface area contributed by atoms with Gasteiger partial charge in [-0.25, -0.2) is 5.84 Å². The summed E-state index contributed by atoms with van der Waals surface area (Å²) in [6.45, 7) is 0. The average Bonchev–Trinajstić information content (AvgIpc) is 2.54. The van der Waals surface area contributed by atoms with Crippen molar-refractivity contribution in [2.24, 2.45) is 5.84 Å². The largest absolute Gasteiger partial charge is 0.398 e. The van der Waals surface area contributed by atoms with E-state index < -0.39 is 17.9 Å². The van der Waals surface area contributed by atoms with Gasteiger partial charge in [0.05, 0.1) is 5.56 Å². The van der Waals surface area contributed by atoms with E-state index in [4.69, 9.17) is 11.6 Å². The Morgan fingerprint density at radius 2 is 1.64 bits per heavy atom. The standard InChI is InChI=1S/C16H18N4O2/c17-13-9-5-4-8-12(13)15(21)19-14(16(22)20-18)10-11-6-2-1-3-7-11/h1-9,14H,10,17-18H2,(H,19,21)(H,20,22). The first-order valence-electron chi connectivity index (χ1n) is 6.81. The molecule has 2 aromatic carbocycles. The normalized spacial score (nSPS) is 11.5. The van der Waals surface area contributed by atoms with E-state index in [1.54, 1.807) is 24.3 Å². The highest BCUT2D eigenvalue weighted by atomic mass is 16.2. The lowest BCUT2D eigenvalue weighted by atomic mass is 10.0. The van der Waals surface area contributed by atoms with Gasteiger partial charge in [0, 0.05) is 12.1 Å². The molecule has 0 spiro atoms. The van der Waals surface area contributed by atoms with Crippen LogP contribution < -0.4 is 22.3 Å². The molecule has 22 heavy (non-hydrogen) atoms. The number of amides is 2. The number of hydrazine groups is 1. The van der Waals surface area contributed by atoms with Crippen molar-refractivity contribution in [3.63, 3.8) is 0 Å². The summed E-state index contributed by atoms with van der Waals surface area (Å²) < 4.78 is 0. The van der Waals surface area contributed by atoms with Gasteiger partial charge in [-0.05, 0) is 17.7 Å². The van der Waals surface area contributed by atoms with Crippen LogP contribution in [0.5, 0.6) is 0 Å². The summed E-state index contributed by atoms with van der Waals surface area (Å²) >= 11 is 0. The maximum atomic E-state index is 12.3. The Labute approximate surface area is 128 Å². The number of nitrogens with two attached hydrogens (primary N) is 2. The van der Waals surface area contributed by atoms with Crippen LogP contribution in [0.1, 0.15) is 15.9 Å². The second-order valence-corrected chi connectivity index (χ2v) is 4.81. The molecule has 6 N–H and O–H groups in total. The van der Waals surface area contributed by atoms with Crippen LogP contribution in [-0.4, -0.2) is 17.9 Å². The van der Waals surface area contributed by atoms with E-state index in [1.165, 1.54) is 0 Å². The number of nitrogen functional groups attached to an aromatic ring is 1. The number of carbonyl (C=O) groups excluding carboxylic acids is 2. The van der Waals surface area contributed by atoms with Crippen molar-refractivity contribution < 1.29 is 9.59 Å². The fourth-order valence-corrected chi connectivity index (χ4v) is 2.10. The summed E-state index contributed by atoms with van der Waals surface area (Å²) in [6.07, 6.45) is 0.336. The molecular formula is C16H18N4O2. The van der Waals surface area contributed by atoms with Crippen LogP contribution in [-0.2, 0) is 11.2 Å². The van der Waals surface area contributed by atoms with Crippen LogP contribution in [0.25, 0.3) is 0 Å². The smallest absolute Gasteiger partial charge is 0.256 e. The summed E-state index contributed by atoms with van der Waals surface area (Å²) in [5, 5.41) is 2.66. The molecule has 0 saturated carbocycles. The summed E-state index contributed by atoms with van der Waals surface area (Å²) in [6, 6.07) is 15.3. The van der Waals surface area contributed by atoms with Gasteiger partial charge in [-0.2, -0.15) is 0 Å². The van der Waals surface area contributed by atoms with Crippen LogP contribution in [0, 0.1) is 0 Å². The highest BCUT2D eigenvalue weighted by Crippen LogP contribution is 2.11. The van der Waals surface area contributed by atoms with E-state index in [1.807, 2.05) is 30.3 Å². The first-order chi connectivity index (χ1) is 10.6. The Morgan fingerprint density at radius 3 is 2.27 bits per heavy atom. The Morgan fingerprint density at radius 1 is 1.00 bits per heavy atom. The third-order valence-electron chi connectivity index (χ3n) is 3.25. The molecule has 0 saturated heterocycles. The first-order valence-corrected chi connectivity index (χ1v) is 6.81. The number of anilines is 1. The van der Waals surface area contributed by atoms with E-state index in [9.17, 15) is 9.59 Å². The third kappa shape index (κ3) is 3.83. The number of hydrogen-bond acceptors (Lipinski definition) is 4. The van der Waals surface area contributed by atoms with E-state index in [2.05, 4.69) is 10.7 Å². The molecule has 1 atom stereocenters. The second kappa shape index (κ2) is 7.24. The monoisotopic (exact) mass is 298 g/mol. The lowest BCUT2D eigenvalue weighted by Crippen LogP contribution is -2.50. The minimum absolute atomic E-state index is 0.324. The van der Waals surface area contributed by atoms with Crippen LogP contribution in [0.3, 0.4) is 0 Å². The summed E-state index contributed by atoms with van der Waals surface area (Å²) in [7, 11) is 0. The van der Waals surface area contributed by atoms with Gasteiger partial charge in [-0.15, -0.1) is 0 Å². The number of rotatable bonds is 5. The number of benzene rings is 2. The van der Waals surface area contributed by atoms with Crippen LogP contribution >= 0.6 is 0 Å². The van der Waals surface area contributed by atoms with Gasteiger partial charge in [0.2, 0.25) is 0 Å². The molecule has 1 unspecified atom stereocenters. The van der Waals surface area contributed by atoms with Crippen molar-refractivity contribution in [2.45, 2.75) is 12.5 Å². The number of carbonyl (C=O) groups is 2. The Kier molecular flexibility index (Phi) is 5.11. The van der Waals surface area contributed by atoms with E-state index in [-0.39, 0.29) is 0 Å². The average molecular weight is 298 g/mol. The highest BCUT2D eigenvalue weighted by Gasteiger charge is 2.21. The van der Waals surface area contributed by atoms with Gasteiger partial charge >= 0.3 is 0 Å². The van der Waals surface area contributed by atoms with Crippen molar-refractivity contribution in [1.29, 1.82) is 0 Å². The number of hydrogen-bond donors (Lipinski definition) is 4. The zero-order chi connectivity index (χ0) is 15.9. The zero-order valence-corrected chi connectivity index (χ0v) is 12.0. The SMILES string of the molecule is NNC(=O)C(Cc1ccccc1)NC(=O)c1ccccc1N. The molecule has 6 nitrogen and oxygen atoms in total. The molecule has 0 aromatic heterocycles. The molecule has 2 rings (SSSR count). The molecule has 0 aliphatic rings. The zero-order valence-electron chi connectivity index (χ0n) is 12.0. The molecule has 0 aliphatic carbocycles. The summed E-state index contributed by atoms with van der Waals surface area (Å²) in [5.41, 5.74) is 9.44. The predicted molar refractivity (Wildman–Crippen MR) is 84.6 cm³/mol. The number of para-hydroxylation sites is 1. The summed E-state index contributed by atoms with van der Waals surface area (Å²) in [5.74, 6) is 4.32. The fourth-order valence-electron chi connectivity index (χ4n) is 2.10. The topological polar surface area (TPSA) is 110 Å². The minimum atomic E-state index is -0.778. The fraction of sp³-hybridized carbons (Fsp3) is 0.125. The van der Waals surface area contributed by atoms with Crippen molar-refractivity contribution >= 4 is 17.5 Å². The lowest BCUT2D eigenvalue weighted by Gasteiger charge is -2.17. The number of nitrogens with one attached hydrogen (secondary N) is 2. The highest BCUT2D eigenvalue weighted by molar-refractivity contribution is 6.01. The first kappa shape index (κ1) is 15.5. The maximum absolute atomic E-state index is 12.3. The third-order valence-corrected chi connectivity index (χ3v) is 3.25. The van der Waals surface area contributed by atoms with Crippen molar-refractivity contribution in [3.8, 4) is 0 Å². The quantitative estimate of drug-likeness (QED) is 0.280. The van der Waals surface area contributed by atoms with Crippen molar-refractivity contribution in [1.82, 2.24) is 10.7 Å². The molecule has 0 bridgehead atoms. The van der Waals surface area contributed by atoms with E-state index >= 15 is 0 Å². The van der Waals surface area contributed by atoms with Gasteiger partial charge in [0.1, 0.15) is 6.04 Å². The molecule has 0 fully saturated rings. The van der Waals surface area contributed by atoms with Crippen molar-refractivity contribution in [3.05, 3.63) is 65.7 Å². The Hall–Kier alpha value is -2.86. The molecule has 2 amide bonds. The van der Waals surface area contributed by atoms with Crippen LogP contribution in [0.4, 0.5) is 5.69 Å². The predicted octanol–water partition coefficient (Wildman–Crippen LogP) is 0.600. The molecule has 114 valence electrons. The van der Waals surface area contributed by atoms with Crippen LogP contribution in [0.15, 0.2) is 54.6 Å². The maximum Gasteiger partial charge on any atom is 0.256 e. The molecule has 0 radical (unpaired) electrons. The Balaban J connectivity index is 2.15. The van der Waals surface area contributed by atoms with Crippen LogP contribution in [0.2, 0.25) is 0 Å². The van der Waals surface area contributed by atoms with Gasteiger partial charge in [0.25, 0.3) is 11.8 Å². The minimum Gasteiger partial charge on any atom is -0.398 e. The molecule has 2 aromatic rings. The van der Waals surface area contributed by atoms with Gasteiger partial charge in [-0.3, -0.25) is 15.0 Å². The second-order valence-electron chi connectivity index (χ2n) is 4.81. The van der Waals surface area contributed by atoms with E-state index in [0.717, 1.165) is 5.56 Å². The summed E-state index contributed by atoms with van der Waals surface area (Å²) in [4.78, 5) is 24.2. The van der Waals surface area contributed by atoms with E-state index in [0.29, 0.717) is 17.7 Å². The Bertz CT molecular complexity index is 658. The van der Waals surface area contributed by atoms with Crippen molar-refractivity contribution in [2.75, 3.05) is 5.73 Å².